The van der Waals surface area contributed by atoms with E-state index < -0.39 is 78.7 Å². The van der Waals surface area contributed by atoms with E-state index in [-0.39, 0.29) is 70.6 Å². The number of hydrogen-bond acceptors (Lipinski definition) is 21. The normalized spacial score (nSPS) is 16.3. The van der Waals surface area contributed by atoms with Gasteiger partial charge < -0.3 is 40.5 Å². The Morgan fingerprint density at radius 3 is 1.26 bits per heavy atom. The van der Waals surface area contributed by atoms with E-state index in [4.69, 9.17) is 36.1 Å². The number of nitro groups is 2. The van der Waals surface area contributed by atoms with Crippen LogP contribution >= 0.6 is 35.5 Å². The molecule has 9 rings (SSSR count). The fourth-order valence-corrected chi connectivity index (χ4v) is 10.6. The van der Waals surface area contributed by atoms with Crippen molar-refractivity contribution in [2.45, 2.75) is 44.9 Å². The third-order valence-corrected chi connectivity index (χ3v) is 14.9. The van der Waals surface area contributed by atoms with Crippen LogP contribution in [0.25, 0.3) is 0 Å². The molecule has 7 N–H and O–H groups in total. The number of nitrogens with two attached hydrogens (primary N) is 2. The van der Waals surface area contributed by atoms with Crippen molar-refractivity contribution in [3.8, 4) is 0 Å². The molecule has 0 amide bonds. The third kappa shape index (κ3) is 15.9. The lowest BCUT2D eigenvalue weighted by molar-refractivity contribution is -0.490. The van der Waals surface area contributed by atoms with Crippen molar-refractivity contribution >= 4 is 108 Å². The van der Waals surface area contributed by atoms with Crippen LogP contribution in [0.1, 0.15) is 46.1 Å². The molecule has 0 saturated carbocycles. The van der Waals surface area contributed by atoms with Crippen molar-refractivity contribution in [2.75, 3.05) is 25.4 Å². The molecule has 0 radical (unpaired) electrons. The lowest BCUT2D eigenvalue weighted by Crippen LogP contribution is -2.28. The summed E-state index contributed by atoms with van der Waals surface area (Å²) in [7, 11) is -9.31. The first-order valence-electron chi connectivity index (χ1n) is 20.8. The average Bonchev–Trinajstić information content (AvgIpc) is 3.93. The molecule has 3 aromatic carbocycles. The van der Waals surface area contributed by atoms with Gasteiger partial charge in [-0.05, 0) is 92.7 Å². The quantitative estimate of drug-likeness (QED) is 0.0375. The van der Waals surface area contributed by atoms with Crippen LogP contribution in [0.5, 0.6) is 0 Å². The van der Waals surface area contributed by atoms with Gasteiger partial charge in [-0.2, -0.15) is 0 Å². The number of hydrogen-bond donors (Lipinski definition) is 5. The number of nitrogen functional groups attached to an aromatic ring is 1. The van der Waals surface area contributed by atoms with Crippen LogP contribution in [0.2, 0.25) is 0 Å². The van der Waals surface area contributed by atoms with Gasteiger partial charge in [0.15, 0.2) is 34.8 Å². The van der Waals surface area contributed by atoms with E-state index in [0.29, 0.717) is 44.3 Å². The lowest BCUT2D eigenvalue weighted by Gasteiger charge is -2.09. The van der Waals surface area contributed by atoms with Gasteiger partial charge in [-0.15, -0.1) is 24.8 Å². The minimum absolute atomic E-state index is 0. The number of nitrogens with zero attached hydrogens (tertiary/aromatic N) is 5. The maximum Gasteiger partial charge on any atom is 0.492 e. The zero-order chi connectivity index (χ0) is 51.7. The highest BCUT2D eigenvalue weighted by Gasteiger charge is 2.39. The molecule has 23 nitrogen and oxygen atoms in total. The van der Waals surface area contributed by atoms with Crippen molar-refractivity contribution < 1.29 is 64.1 Å². The second-order valence-corrected chi connectivity index (χ2v) is 21.9. The van der Waals surface area contributed by atoms with E-state index >= 15 is 0 Å². The van der Waals surface area contributed by atoms with Gasteiger partial charge in [0.1, 0.15) is 12.2 Å². The molecule has 3 unspecified atom stereocenters. The summed E-state index contributed by atoms with van der Waals surface area (Å²) in [4.78, 5) is 31.3. The summed E-state index contributed by atoms with van der Waals surface area (Å²) in [5.74, 6) is -0.471. The lowest BCUT2D eigenvalue weighted by atomic mass is 9.78. The van der Waals surface area contributed by atoms with Gasteiger partial charge in [0.05, 0.1) is 17.6 Å². The van der Waals surface area contributed by atoms with Gasteiger partial charge in [-0.25, -0.2) is 40.2 Å². The van der Waals surface area contributed by atoms with Gasteiger partial charge >= 0.3 is 21.4 Å². The Balaban J connectivity index is 0.000000218. The first-order valence-corrected chi connectivity index (χ1v) is 26.4. The number of sulfone groups is 2. The summed E-state index contributed by atoms with van der Waals surface area (Å²) in [5, 5.41) is 50.2. The topological polar surface area (TPSA) is 368 Å². The molecule has 32 heteroatoms. The largest absolute Gasteiger partial charge is 0.492 e. The van der Waals surface area contributed by atoms with E-state index in [1.165, 1.54) is 42.9 Å². The fourth-order valence-electron chi connectivity index (χ4n) is 7.33. The monoisotopic (exact) mass is 1120 g/mol. The zero-order valence-corrected chi connectivity index (χ0v) is 42.4. The highest BCUT2D eigenvalue weighted by Crippen LogP contribution is 2.27. The van der Waals surface area contributed by atoms with Crippen LogP contribution < -0.4 is 27.9 Å². The minimum atomic E-state index is -3.64. The van der Waals surface area contributed by atoms with Gasteiger partial charge in [-0.3, -0.25) is 20.2 Å². The Labute approximate surface area is 436 Å². The maximum atomic E-state index is 12.3. The minimum Gasteiger partial charge on any atom is -0.423 e. The van der Waals surface area contributed by atoms with Crippen molar-refractivity contribution in [3.05, 3.63) is 176 Å². The number of rotatable bonds is 12. The summed E-state index contributed by atoms with van der Waals surface area (Å²) in [6.45, 7) is -0.556. The molecule has 3 aromatic heterocycles. The van der Waals surface area contributed by atoms with E-state index in [0.717, 1.165) is 5.56 Å². The highest BCUT2D eigenvalue weighted by atomic mass is 35.7. The Hall–Kier alpha value is -5.66. The number of halogens is 3. The SMILES string of the molecule is Cl.Cl.NCC1OB(O)c2cc(CS(=O)(=O)c3ccccn3)ccc21.Nc1ccc2c(c1)B(O)OC2C[N+](=O)[O-].O=S(=O)(Cl)c1ccccn1.O=[N+]([O-])CC1OB(O)c2cc(CS(=O)(=O)c3ccccn3)ccc21. The van der Waals surface area contributed by atoms with Gasteiger partial charge in [-0.1, -0.05) is 60.7 Å². The van der Waals surface area contributed by atoms with Crippen molar-refractivity contribution in [2.24, 2.45) is 5.73 Å². The van der Waals surface area contributed by atoms with Crippen LogP contribution in [-0.2, 0) is 54.2 Å². The molecule has 0 saturated heterocycles. The summed E-state index contributed by atoms with van der Waals surface area (Å²) >= 11 is 0. The number of benzene rings is 3. The maximum absolute atomic E-state index is 12.3. The number of anilines is 1. The molecular weight excluding hydrogens is 1080 g/mol. The Morgan fingerprint density at radius 2 is 0.918 bits per heavy atom. The van der Waals surface area contributed by atoms with Crippen molar-refractivity contribution in [1.82, 2.24) is 15.0 Å². The van der Waals surface area contributed by atoms with E-state index in [9.17, 15) is 60.6 Å². The molecule has 0 fully saturated rings. The fraction of sp³-hybridized carbons (Fsp3) is 0.195. The predicted molar refractivity (Wildman–Crippen MR) is 273 cm³/mol. The first-order chi connectivity index (χ1) is 33.6. The Bertz CT molecular complexity index is 3210. The third-order valence-electron chi connectivity index (χ3n) is 10.5. The predicted octanol–water partition coefficient (Wildman–Crippen LogP) is 1.02. The summed E-state index contributed by atoms with van der Waals surface area (Å²) in [5.41, 5.74) is 16.0. The van der Waals surface area contributed by atoms with Crippen LogP contribution in [-0.4, -0.2) is 106 Å². The average molecular weight is 1120 g/mol. The molecule has 73 heavy (non-hydrogen) atoms. The smallest absolute Gasteiger partial charge is 0.423 e. The molecule has 3 atom stereocenters. The molecule has 0 aliphatic carbocycles. The number of fused-ring (bicyclic) bond motifs is 3. The molecule has 3 aliphatic heterocycles. The van der Waals surface area contributed by atoms with Gasteiger partial charge in [0, 0.05) is 51.4 Å². The highest BCUT2D eigenvalue weighted by molar-refractivity contribution is 8.13. The number of pyridine rings is 3. The standard InChI is InChI=1S/C14H13BN2O6S.C14H15BN2O4S.C8H9BN2O4.C5H4ClNO2S.2ClH/c18-15-12-7-10(4-5-11(12)13(23-15)8-17(19)20)9-24(21,22)14-3-1-2-6-16-14;16-8-13-11-5-4-10(7-12(11)15(18)21-13)9-22(19,20)14-3-1-2-6-17-14;10-5-1-2-6-7(3-5)9(12)15-8(6)4-11(13)14;6-10(8,9)5-3-1-2-4-7-5;;/h1-7,13,18H,8-9H2;1-7,13,18H,8-9,16H2;1-3,8,12H,4,10H2;1-4H;2*1H. The molecule has 6 heterocycles. The Kier molecular flexibility index (Phi) is 21.4. The molecule has 0 spiro atoms. The molecule has 0 bridgehead atoms. The molecular formula is C41H43B3Cl3N7O16S3. The van der Waals surface area contributed by atoms with Crippen molar-refractivity contribution in [1.29, 1.82) is 0 Å². The summed E-state index contributed by atoms with van der Waals surface area (Å²) < 4.78 is 86.0. The van der Waals surface area contributed by atoms with Crippen LogP contribution in [0.4, 0.5) is 5.69 Å². The molecule has 6 aromatic rings. The van der Waals surface area contributed by atoms with E-state index in [2.05, 4.69) is 15.0 Å². The second kappa shape index (κ2) is 26.0. The zero-order valence-electron chi connectivity index (χ0n) is 37.6. The van der Waals surface area contributed by atoms with Gasteiger partial charge in [0.25, 0.3) is 9.05 Å². The summed E-state index contributed by atoms with van der Waals surface area (Å²) in [6.07, 6.45) is 2.33. The van der Waals surface area contributed by atoms with Crippen LogP contribution in [0.3, 0.4) is 0 Å². The van der Waals surface area contributed by atoms with Crippen LogP contribution in [0, 0.1) is 20.2 Å². The molecule has 3 aliphatic rings. The first kappa shape index (κ1) is 59.9. The van der Waals surface area contributed by atoms with E-state index in [1.807, 2.05) is 0 Å². The summed E-state index contributed by atoms with van der Waals surface area (Å²) in [6, 6.07) is 28.5. The molecule has 386 valence electrons. The second-order valence-electron chi connectivity index (χ2n) is 15.5. The van der Waals surface area contributed by atoms with Crippen LogP contribution in [0.15, 0.2) is 143 Å². The Morgan fingerprint density at radius 1 is 0.562 bits per heavy atom. The number of aromatic nitrogens is 3. The van der Waals surface area contributed by atoms with Gasteiger partial charge in [0.2, 0.25) is 13.1 Å². The van der Waals surface area contributed by atoms with Crippen molar-refractivity contribution in [3.63, 3.8) is 0 Å². The van der Waals surface area contributed by atoms with E-state index in [1.54, 1.807) is 84.9 Å².